The van der Waals surface area contributed by atoms with Gasteiger partial charge in [0.05, 0.1) is 6.54 Å². The van der Waals surface area contributed by atoms with E-state index in [4.69, 9.17) is 0 Å². The fourth-order valence-electron chi connectivity index (χ4n) is 3.21. The number of hydrogen-bond donors (Lipinski definition) is 2. The van der Waals surface area contributed by atoms with Crippen LogP contribution in [0.2, 0.25) is 0 Å². The van der Waals surface area contributed by atoms with Crippen molar-refractivity contribution in [2.75, 3.05) is 27.2 Å². The first-order valence-electron chi connectivity index (χ1n) is 9.31. The molecular formula is C18H34IN5S. The number of rotatable bonds is 8. The minimum Gasteiger partial charge on any atom is -0.356 e. The highest BCUT2D eigenvalue weighted by Crippen LogP contribution is 2.21. The fourth-order valence-corrected chi connectivity index (χ4v) is 4.01. The van der Waals surface area contributed by atoms with E-state index in [1.807, 2.05) is 13.2 Å². The van der Waals surface area contributed by atoms with Crippen molar-refractivity contribution in [3.05, 3.63) is 16.1 Å². The molecule has 0 spiro atoms. The molecule has 0 aromatic carbocycles. The van der Waals surface area contributed by atoms with Gasteiger partial charge in [-0.15, -0.1) is 35.3 Å². The molecule has 1 aliphatic carbocycles. The topological polar surface area (TPSA) is 52.6 Å². The molecule has 1 saturated carbocycles. The highest BCUT2D eigenvalue weighted by molar-refractivity contribution is 14.0. The standard InChI is InChI=1S/C18H33N5S.HI/c1-4-16-13-21-17(24-16)14-22-18(19-2)20-11-8-12-23(3)15-9-6-5-7-10-15;/h13,15H,4-12,14H2,1-3H3,(H2,19,20,22);1H. The van der Waals surface area contributed by atoms with Crippen LogP contribution in [0.25, 0.3) is 0 Å². The summed E-state index contributed by atoms with van der Waals surface area (Å²) >= 11 is 1.77. The molecule has 0 atom stereocenters. The summed E-state index contributed by atoms with van der Waals surface area (Å²) in [5.74, 6) is 0.864. The van der Waals surface area contributed by atoms with Crippen molar-refractivity contribution in [2.45, 2.75) is 64.5 Å². The molecule has 0 saturated heterocycles. The second kappa shape index (κ2) is 12.9. The summed E-state index contributed by atoms with van der Waals surface area (Å²) in [5.41, 5.74) is 0. The van der Waals surface area contributed by atoms with Gasteiger partial charge in [0.1, 0.15) is 5.01 Å². The Hall–Kier alpha value is -0.410. The Morgan fingerprint density at radius 1 is 1.32 bits per heavy atom. The minimum absolute atomic E-state index is 0. The van der Waals surface area contributed by atoms with Crippen molar-refractivity contribution >= 4 is 41.3 Å². The van der Waals surface area contributed by atoms with Gasteiger partial charge in [-0.25, -0.2) is 4.98 Å². The maximum absolute atomic E-state index is 4.43. The number of hydrogen-bond acceptors (Lipinski definition) is 4. The van der Waals surface area contributed by atoms with Gasteiger partial charge in [-0.1, -0.05) is 26.2 Å². The average Bonchev–Trinajstić information content (AvgIpc) is 3.09. The molecule has 0 bridgehead atoms. The third-order valence-corrected chi connectivity index (χ3v) is 5.90. The SMILES string of the molecule is CCc1cnc(CNC(=NC)NCCCN(C)C2CCCCC2)s1.I. The molecule has 25 heavy (non-hydrogen) atoms. The Balaban J connectivity index is 0.00000312. The van der Waals surface area contributed by atoms with Crippen LogP contribution in [0.3, 0.4) is 0 Å². The van der Waals surface area contributed by atoms with Gasteiger partial charge in [0, 0.05) is 30.7 Å². The van der Waals surface area contributed by atoms with E-state index in [-0.39, 0.29) is 24.0 Å². The monoisotopic (exact) mass is 479 g/mol. The van der Waals surface area contributed by atoms with Crippen LogP contribution in [-0.4, -0.2) is 49.1 Å². The summed E-state index contributed by atoms with van der Waals surface area (Å²) < 4.78 is 0. The number of aliphatic imine (C=N–C) groups is 1. The lowest BCUT2D eigenvalue weighted by atomic mass is 9.94. The molecule has 2 N–H and O–H groups in total. The minimum atomic E-state index is 0. The molecule has 1 heterocycles. The van der Waals surface area contributed by atoms with Gasteiger partial charge in [-0.3, -0.25) is 4.99 Å². The second-order valence-corrected chi connectivity index (χ2v) is 7.75. The van der Waals surface area contributed by atoms with Crippen LogP contribution in [0, 0.1) is 0 Å². The number of halogens is 1. The Morgan fingerprint density at radius 3 is 2.72 bits per heavy atom. The van der Waals surface area contributed by atoms with Crippen LogP contribution in [0.1, 0.15) is 55.3 Å². The number of nitrogens with zero attached hydrogens (tertiary/aromatic N) is 3. The Morgan fingerprint density at radius 2 is 2.08 bits per heavy atom. The predicted molar refractivity (Wildman–Crippen MR) is 119 cm³/mol. The van der Waals surface area contributed by atoms with E-state index in [1.165, 1.54) is 37.0 Å². The van der Waals surface area contributed by atoms with Crippen molar-refractivity contribution in [2.24, 2.45) is 4.99 Å². The van der Waals surface area contributed by atoms with E-state index < -0.39 is 0 Å². The number of aryl methyl sites for hydroxylation is 1. The third kappa shape index (κ3) is 8.21. The van der Waals surface area contributed by atoms with Crippen molar-refractivity contribution in [1.82, 2.24) is 20.5 Å². The van der Waals surface area contributed by atoms with Crippen LogP contribution < -0.4 is 10.6 Å². The predicted octanol–water partition coefficient (Wildman–Crippen LogP) is 3.64. The van der Waals surface area contributed by atoms with Crippen LogP contribution in [0.15, 0.2) is 11.2 Å². The quantitative estimate of drug-likeness (QED) is 0.259. The maximum Gasteiger partial charge on any atom is 0.191 e. The Labute approximate surface area is 174 Å². The van der Waals surface area contributed by atoms with Crippen molar-refractivity contribution < 1.29 is 0 Å². The number of thiazole rings is 1. The van der Waals surface area contributed by atoms with Gasteiger partial charge in [0.15, 0.2) is 5.96 Å². The first kappa shape index (κ1) is 22.6. The highest BCUT2D eigenvalue weighted by atomic mass is 127. The maximum atomic E-state index is 4.43. The molecule has 1 fully saturated rings. The summed E-state index contributed by atoms with van der Waals surface area (Å²) in [6, 6.07) is 0.800. The zero-order valence-corrected chi connectivity index (χ0v) is 19.0. The van der Waals surface area contributed by atoms with Crippen molar-refractivity contribution in [3.8, 4) is 0 Å². The van der Waals surface area contributed by atoms with E-state index >= 15 is 0 Å². The first-order valence-corrected chi connectivity index (χ1v) is 10.1. The lowest BCUT2D eigenvalue weighted by Gasteiger charge is -2.31. The van der Waals surface area contributed by atoms with Gasteiger partial charge in [0.25, 0.3) is 0 Å². The molecule has 1 aromatic heterocycles. The zero-order valence-electron chi connectivity index (χ0n) is 15.9. The van der Waals surface area contributed by atoms with Crippen molar-refractivity contribution in [3.63, 3.8) is 0 Å². The average molecular weight is 479 g/mol. The third-order valence-electron chi connectivity index (χ3n) is 4.76. The molecular weight excluding hydrogens is 445 g/mol. The molecule has 1 aromatic rings. The second-order valence-electron chi connectivity index (χ2n) is 6.55. The number of nitrogens with one attached hydrogen (secondary N) is 2. The lowest BCUT2D eigenvalue weighted by molar-refractivity contribution is 0.190. The Kier molecular flexibility index (Phi) is 11.6. The molecule has 0 radical (unpaired) electrons. The van der Waals surface area contributed by atoms with E-state index in [1.54, 1.807) is 11.3 Å². The van der Waals surface area contributed by atoms with Gasteiger partial charge in [-0.2, -0.15) is 0 Å². The lowest BCUT2D eigenvalue weighted by Crippen LogP contribution is -2.39. The Bertz CT molecular complexity index is 499. The van der Waals surface area contributed by atoms with E-state index in [9.17, 15) is 0 Å². The number of guanidine groups is 1. The molecule has 0 amide bonds. The molecule has 7 heteroatoms. The fraction of sp³-hybridized carbons (Fsp3) is 0.778. The van der Waals surface area contributed by atoms with Crippen LogP contribution >= 0.6 is 35.3 Å². The molecule has 1 aliphatic rings. The first-order chi connectivity index (χ1) is 11.7. The van der Waals surface area contributed by atoms with Gasteiger partial charge in [0.2, 0.25) is 0 Å². The van der Waals surface area contributed by atoms with Crippen LogP contribution in [0.4, 0.5) is 0 Å². The normalized spacial score (nSPS) is 15.9. The molecule has 144 valence electrons. The zero-order chi connectivity index (χ0) is 17.2. The summed E-state index contributed by atoms with van der Waals surface area (Å²) in [6.45, 7) is 5.01. The van der Waals surface area contributed by atoms with E-state index in [0.717, 1.165) is 49.5 Å². The molecule has 0 aliphatic heterocycles. The molecule has 0 unspecified atom stereocenters. The summed E-state index contributed by atoms with van der Waals surface area (Å²) in [6.07, 6.45) is 11.2. The summed E-state index contributed by atoms with van der Waals surface area (Å²) in [5, 5.41) is 7.87. The molecule has 2 rings (SSSR count). The summed E-state index contributed by atoms with van der Waals surface area (Å²) in [7, 11) is 4.10. The van der Waals surface area contributed by atoms with Crippen LogP contribution in [0.5, 0.6) is 0 Å². The van der Waals surface area contributed by atoms with Gasteiger partial charge >= 0.3 is 0 Å². The van der Waals surface area contributed by atoms with Gasteiger partial charge in [-0.05, 0) is 39.3 Å². The van der Waals surface area contributed by atoms with Gasteiger partial charge < -0.3 is 15.5 Å². The highest BCUT2D eigenvalue weighted by Gasteiger charge is 2.17. The van der Waals surface area contributed by atoms with E-state index in [0.29, 0.717) is 0 Å². The largest absolute Gasteiger partial charge is 0.356 e. The molecule has 5 nitrogen and oxygen atoms in total. The number of aromatic nitrogens is 1. The van der Waals surface area contributed by atoms with E-state index in [2.05, 4.69) is 39.5 Å². The van der Waals surface area contributed by atoms with Crippen molar-refractivity contribution in [1.29, 1.82) is 0 Å². The van der Waals surface area contributed by atoms with Crippen LogP contribution in [-0.2, 0) is 13.0 Å². The summed E-state index contributed by atoms with van der Waals surface area (Å²) in [4.78, 5) is 12.6. The smallest absolute Gasteiger partial charge is 0.191 e.